The van der Waals surface area contributed by atoms with Gasteiger partial charge in [0.05, 0.1) is 6.33 Å². The van der Waals surface area contributed by atoms with E-state index in [2.05, 4.69) is 30.2 Å². The lowest BCUT2D eigenvalue weighted by Gasteiger charge is -2.18. The van der Waals surface area contributed by atoms with Gasteiger partial charge >= 0.3 is 0 Å². The van der Waals surface area contributed by atoms with Crippen LogP contribution in [0.3, 0.4) is 0 Å². The van der Waals surface area contributed by atoms with Gasteiger partial charge in [0.2, 0.25) is 0 Å². The fraction of sp³-hybridized carbons (Fsp3) is 0.444. The van der Waals surface area contributed by atoms with Gasteiger partial charge in [0.15, 0.2) is 29.5 Å². The van der Waals surface area contributed by atoms with Crippen LogP contribution in [-0.2, 0) is 4.74 Å². The highest BCUT2D eigenvalue weighted by atomic mass is 16.7. The Morgan fingerprint density at radius 1 is 1.07 bits per heavy atom. The fourth-order valence-corrected chi connectivity index (χ4v) is 3.84. The average Bonchev–Trinajstić information content (AvgIpc) is 3.44. The summed E-state index contributed by atoms with van der Waals surface area (Å²) in [5.41, 5.74) is 0.961. The van der Waals surface area contributed by atoms with E-state index in [1.807, 2.05) is 18.2 Å². The number of hydrogen-bond donors (Lipinski definition) is 4. The Hall–Kier alpha value is -2.86. The van der Waals surface area contributed by atoms with Crippen molar-refractivity contribution in [3.05, 3.63) is 37.1 Å². The Morgan fingerprint density at radius 2 is 1.97 bits per heavy atom. The number of nitrogens with zero attached hydrogens (tertiary/aromatic N) is 6. The number of imidazole rings is 1. The third-order valence-electron chi connectivity index (χ3n) is 5.35. The average molecular weight is 399 g/mol. The van der Waals surface area contributed by atoms with Crippen LogP contribution in [0, 0.1) is 0 Å². The second-order valence-electron chi connectivity index (χ2n) is 7.21. The lowest BCUT2D eigenvalue weighted by Crippen LogP contribution is -2.31. The summed E-state index contributed by atoms with van der Waals surface area (Å²) in [4.78, 5) is 19.5. The zero-order chi connectivity index (χ0) is 20.0. The first-order valence-electron chi connectivity index (χ1n) is 9.41. The fourth-order valence-electron chi connectivity index (χ4n) is 3.84. The number of aliphatic hydroxyl groups excluding tert-OH is 3. The molecule has 0 saturated carbocycles. The number of ether oxygens (including phenoxy) is 1. The summed E-state index contributed by atoms with van der Waals surface area (Å²) in [6, 6.07) is 6.02. The maximum Gasteiger partial charge on any atom is 0.186 e. The summed E-state index contributed by atoms with van der Waals surface area (Å²) in [6.07, 6.45) is 0.418. The van der Waals surface area contributed by atoms with Gasteiger partial charge < -0.3 is 30.3 Å². The highest BCUT2D eigenvalue weighted by Gasteiger charge is 2.43. The van der Waals surface area contributed by atoms with E-state index in [9.17, 15) is 15.3 Å². The molecule has 0 unspecified atom stereocenters. The van der Waals surface area contributed by atoms with Crippen LogP contribution >= 0.6 is 0 Å². The van der Waals surface area contributed by atoms with Crippen LogP contribution in [0.5, 0.6) is 0 Å². The Labute approximate surface area is 165 Å². The first-order chi connectivity index (χ1) is 14.1. The topological polar surface area (TPSA) is 142 Å². The molecule has 3 aromatic rings. The molecule has 29 heavy (non-hydrogen) atoms. The summed E-state index contributed by atoms with van der Waals surface area (Å²) in [5, 5.41) is 33.0. The van der Waals surface area contributed by atoms with E-state index < -0.39 is 24.7 Å². The van der Waals surface area contributed by atoms with Crippen molar-refractivity contribution in [3.8, 4) is 0 Å². The number of anilines is 2. The van der Waals surface area contributed by atoms with Crippen molar-refractivity contribution in [2.75, 3.05) is 23.3 Å². The molecule has 2 saturated heterocycles. The minimum Gasteiger partial charge on any atom is -0.385 e. The molecule has 2 aliphatic heterocycles. The molecule has 152 valence electrons. The van der Waals surface area contributed by atoms with E-state index in [1.165, 1.54) is 17.2 Å². The van der Waals surface area contributed by atoms with Crippen LogP contribution in [0.2, 0.25) is 0 Å². The second kappa shape index (κ2) is 7.19. The van der Waals surface area contributed by atoms with Crippen LogP contribution < -0.4 is 10.2 Å². The lowest BCUT2D eigenvalue weighted by molar-refractivity contribution is -0.141. The van der Waals surface area contributed by atoms with Crippen LogP contribution in [0.1, 0.15) is 12.6 Å². The molecular formula is C18H21N7O4. The Kier molecular flexibility index (Phi) is 4.51. The van der Waals surface area contributed by atoms with E-state index in [0.717, 1.165) is 25.3 Å². The van der Waals surface area contributed by atoms with Gasteiger partial charge in [-0.2, -0.15) is 0 Å². The molecule has 5 rings (SSSR count). The first kappa shape index (κ1) is 18.2. The SMILES string of the molecule is O[C@@H]1[C@H](O)[C@H](n2cnc3c(N[C@H]4CCN(c5ccccn5)C4)ncnc32)O[C@H]1O. The number of fused-ring (bicyclic) bond motifs is 1. The molecule has 11 nitrogen and oxygen atoms in total. The smallest absolute Gasteiger partial charge is 0.186 e. The normalized spacial score (nSPS) is 29.6. The quantitative estimate of drug-likeness (QED) is 0.453. The number of hydrogen-bond acceptors (Lipinski definition) is 10. The van der Waals surface area contributed by atoms with Gasteiger partial charge in [0.25, 0.3) is 0 Å². The predicted octanol–water partition coefficient (Wildman–Crippen LogP) is -0.519. The van der Waals surface area contributed by atoms with Gasteiger partial charge in [-0.15, -0.1) is 0 Å². The number of nitrogens with one attached hydrogen (secondary N) is 1. The zero-order valence-electron chi connectivity index (χ0n) is 15.4. The van der Waals surface area contributed by atoms with Gasteiger partial charge in [-0.05, 0) is 18.6 Å². The number of pyridine rings is 1. The molecule has 5 atom stereocenters. The summed E-state index contributed by atoms with van der Waals surface area (Å²) in [6.45, 7) is 1.67. The van der Waals surface area contributed by atoms with Gasteiger partial charge in [0, 0.05) is 25.3 Å². The molecule has 0 amide bonds. The van der Waals surface area contributed by atoms with Gasteiger partial charge in [0.1, 0.15) is 24.4 Å². The molecule has 0 aromatic carbocycles. The Bertz CT molecular complexity index is 1000. The zero-order valence-corrected chi connectivity index (χ0v) is 15.4. The van der Waals surface area contributed by atoms with Crippen LogP contribution in [0.4, 0.5) is 11.6 Å². The van der Waals surface area contributed by atoms with Crippen molar-refractivity contribution in [3.63, 3.8) is 0 Å². The molecule has 2 fully saturated rings. The first-order valence-corrected chi connectivity index (χ1v) is 9.41. The number of aliphatic hydroxyl groups is 3. The summed E-state index contributed by atoms with van der Waals surface area (Å²) >= 11 is 0. The standard InChI is InChI=1S/C18H21N7O4/c26-13-14(27)18(28)29-17(13)25-9-22-12-15(20-8-21-16(12)25)23-10-4-6-24(7-10)11-3-1-2-5-19-11/h1-3,5,8-10,13-14,17-18,26-28H,4,6-7H2,(H,20,21,23)/t10-,13-,14+,17+,18+/m0/s1. The number of aromatic nitrogens is 5. The Balaban J connectivity index is 1.36. The van der Waals surface area contributed by atoms with Crippen molar-refractivity contribution in [2.24, 2.45) is 0 Å². The molecule has 11 heteroatoms. The van der Waals surface area contributed by atoms with E-state index in [-0.39, 0.29) is 6.04 Å². The summed E-state index contributed by atoms with van der Waals surface area (Å²) in [5.74, 6) is 1.52. The van der Waals surface area contributed by atoms with Gasteiger partial charge in [-0.3, -0.25) is 4.57 Å². The summed E-state index contributed by atoms with van der Waals surface area (Å²) in [7, 11) is 0. The maximum absolute atomic E-state index is 10.1. The maximum atomic E-state index is 10.1. The molecule has 2 aliphatic rings. The van der Waals surface area contributed by atoms with Crippen LogP contribution in [0.15, 0.2) is 37.1 Å². The van der Waals surface area contributed by atoms with E-state index >= 15 is 0 Å². The second-order valence-corrected chi connectivity index (χ2v) is 7.21. The van der Waals surface area contributed by atoms with Crippen molar-refractivity contribution in [2.45, 2.75) is 37.2 Å². The highest BCUT2D eigenvalue weighted by molar-refractivity contribution is 5.83. The third-order valence-corrected chi connectivity index (χ3v) is 5.35. The predicted molar refractivity (Wildman–Crippen MR) is 102 cm³/mol. The van der Waals surface area contributed by atoms with Gasteiger partial charge in [-0.25, -0.2) is 19.9 Å². The molecule has 0 spiro atoms. The molecule has 0 radical (unpaired) electrons. The van der Waals surface area contributed by atoms with E-state index in [0.29, 0.717) is 17.0 Å². The largest absolute Gasteiger partial charge is 0.385 e. The molecule has 3 aromatic heterocycles. The minimum absolute atomic E-state index is 0.164. The summed E-state index contributed by atoms with van der Waals surface area (Å²) < 4.78 is 6.75. The molecule has 5 heterocycles. The molecule has 4 N–H and O–H groups in total. The monoisotopic (exact) mass is 399 g/mol. The lowest BCUT2D eigenvalue weighted by atomic mass is 10.2. The van der Waals surface area contributed by atoms with Crippen molar-refractivity contribution < 1.29 is 20.1 Å². The molecular weight excluding hydrogens is 378 g/mol. The highest BCUT2D eigenvalue weighted by Crippen LogP contribution is 2.31. The number of rotatable bonds is 4. The van der Waals surface area contributed by atoms with Crippen LogP contribution in [0.25, 0.3) is 11.2 Å². The van der Waals surface area contributed by atoms with Crippen molar-refractivity contribution >= 4 is 22.8 Å². The molecule has 0 bridgehead atoms. The van der Waals surface area contributed by atoms with Crippen molar-refractivity contribution in [1.29, 1.82) is 0 Å². The van der Waals surface area contributed by atoms with Crippen molar-refractivity contribution in [1.82, 2.24) is 24.5 Å². The minimum atomic E-state index is -1.47. The molecule has 0 aliphatic carbocycles. The third kappa shape index (κ3) is 3.17. The van der Waals surface area contributed by atoms with Gasteiger partial charge in [-0.1, -0.05) is 6.07 Å². The van der Waals surface area contributed by atoms with E-state index in [4.69, 9.17) is 4.74 Å². The Morgan fingerprint density at radius 3 is 2.72 bits per heavy atom. The van der Waals surface area contributed by atoms with Crippen LogP contribution in [-0.4, -0.2) is 77.5 Å². The van der Waals surface area contributed by atoms with E-state index in [1.54, 1.807) is 6.20 Å².